The van der Waals surface area contributed by atoms with Crippen molar-refractivity contribution >= 4 is 27.8 Å². The summed E-state index contributed by atoms with van der Waals surface area (Å²) in [4.78, 5) is 4.64. The zero-order valence-electron chi connectivity index (χ0n) is 10.8. The fourth-order valence-corrected chi connectivity index (χ4v) is 2.43. The van der Waals surface area contributed by atoms with Crippen LogP contribution < -0.4 is 0 Å². The van der Waals surface area contributed by atoms with Crippen LogP contribution in [0.2, 0.25) is 0 Å². The van der Waals surface area contributed by atoms with E-state index in [9.17, 15) is 0 Å². The fourth-order valence-electron chi connectivity index (χ4n) is 2.16. The van der Waals surface area contributed by atoms with Gasteiger partial charge in [0.05, 0.1) is 17.6 Å². The Kier molecular flexibility index (Phi) is 3.28. The molecule has 1 N–H and O–H groups in total. The normalized spacial score (nSPS) is 11.5. The minimum atomic E-state index is 0.754. The number of aromatic nitrogens is 2. The number of hydrogen-bond acceptors (Lipinski definition) is 3. The molecule has 0 aliphatic carbocycles. The first kappa shape index (κ1) is 12.9. The van der Waals surface area contributed by atoms with Crippen molar-refractivity contribution in [1.29, 1.82) is 0 Å². The van der Waals surface area contributed by atoms with Gasteiger partial charge in [-0.25, -0.2) is 4.98 Å². The maximum Gasteiger partial charge on any atom is 0.138 e. The van der Waals surface area contributed by atoms with E-state index in [4.69, 9.17) is 5.21 Å². The summed E-state index contributed by atoms with van der Waals surface area (Å²) >= 11 is 3.42. The molecule has 0 radical (unpaired) electrons. The first-order valence-corrected chi connectivity index (χ1v) is 6.90. The summed E-state index contributed by atoms with van der Waals surface area (Å²) in [6.07, 6.45) is 3.34. The maximum atomic E-state index is 8.89. The molecule has 0 bridgehead atoms. The van der Waals surface area contributed by atoms with Crippen molar-refractivity contribution in [2.24, 2.45) is 5.16 Å². The predicted octanol–water partition coefficient (Wildman–Crippen LogP) is 3.88. The third-order valence-corrected chi connectivity index (χ3v) is 3.64. The number of pyridine rings is 1. The van der Waals surface area contributed by atoms with Gasteiger partial charge in [0.1, 0.15) is 5.65 Å². The first-order valence-electron chi connectivity index (χ1n) is 6.11. The number of nitrogens with zero attached hydrogens (tertiary/aromatic N) is 3. The van der Waals surface area contributed by atoms with Crippen LogP contribution in [-0.2, 0) is 0 Å². The van der Waals surface area contributed by atoms with E-state index in [0.717, 1.165) is 32.6 Å². The second kappa shape index (κ2) is 5.09. The van der Waals surface area contributed by atoms with Crippen LogP contribution in [0.3, 0.4) is 0 Å². The molecule has 0 unspecified atom stereocenters. The number of oxime groups is 1. The smallest absolute Gasteiger partial charge is 0.138 e. The molecule has 1 aromatic carbocycles. The van der Waals surface area contributed by atoms with Crippen LogP contribution >= 0.6 is 15.9 Å². The Morgan fingerprint density at radius 1 is 1.25 bits per heavy atom. The van der Waals surface area contributed by atoms with Gasteiger partial charge in [0, 0.05) is 16.2 Å². The molecule has 0 saturated carbocycles. The summed E-state index contributed by atoms with van der Waals surface area (Å²) in [5.41, 5.74) is 4.49. The summed E-state index contributed by atoms with van der Waals surface area (Å²) in [5, 5.41) is 12.0. The molecule has 4 nitrogen and oxygen atoms in total. The quantitative estimate of drug-likeness (QED) is 0.440. The molecular formula is C15H12BrN3O. The molecule has 0 saturated heterocycles. The number of hydrogen-bond donors (Lipinski definition) is 1. The summed E-state index contributed by atoms with van der Waals surface area (Å²) in [7, 11) is 0. The Morgan fingerprint density at radius 2 is 2.00 bits per heavy atom. The Hall–Kier alpha value is -2.14. The van der Waals surface area contributed by atoms with Gasteiger partial charge in [-0.3, -0.25) is 4.40 Å². The molecular weight excluding hydrogens is 318 g/mol. The van der Waals surface area contributed by atoms with Gasteiger partial charge in [-0.15, -0.1) is 0 Å². The molecule has 0 fully saturated rings. The van der Waals surface area contributed by atoms with Crippen molar-refractivity contribution in [3.05, 3.63) is 58.3 Å². The SMILES string of the molecule is Cc1ccn2c(C=NO)c(-c3ccc(Br)cc3)nc2c1. The second-order valence-electron chi connectivity index (χ2n) is 4.53. The highest BCUT2D eigenvalue weighted by Crippen LogP contribution is 2.25. The molecule has 100 valence electrons. The van der Waals surface area contributed by atoms with Crippen molar-refractivity contribution in [2.75, 3.05) is 0 Å². The standard InChI is InChI=1S/C15H12BrN3O/c1-10-6-7-19-13(9-17-20)15(18-14(19)8-10)11-2-4-12(16)5-3-11/h2-9,20H,1H3. The topological polar surface area (TPSA) is 49.9 Å². The molecule has 0 amide bonds. The van der Waals surface area contributed by atoms with Crippen molar-refractivity contribution in [1.82, 2.24) is 9.38 Å². The molecule has 0 aliphatic heterocycles. The molecule has 3 aromatic rings. The van der Waals surface area contributed by atoms with Gasteiger partial charge in [-0.1, -0.05) is 33.2 Å². The van der Waals surface area contributed by atoms with Gasteiger partial charge in [-0.05, 0) is 36.8 Å². The summed E-state index contributed by atoms with van der Waals surface area (Å²) in [6, 6.07) is 11.9. The highest BCUT2D eigenvalue weighted by Gasteiger charge is 2.12. The lowest BCUT2D eigenvalue weighted by Crippen LogP contribution is -1.93. The first-order chi connectivity index (χ1) is 9.69. The minimum absolute atomic E-state index is 0.754. The molecule has 20 heavy (non-hydrogen) atoms. The zero-order chi connectivity index (χ0) is 14.1. The number of imidazole rings is 1. The van der Waals surface area contributed by atoms with E-state index in [-0.39, 0.29) is 0 Å². The van der Waals surface area contributed by atoms with Crippen molar-refractivity contribution in [3.63, 3.8) is 0 Å². The third kappa shape index (κ3) is 2.20. The van der Waals surface area contributed by atoms with E-state index in [0.29, 0.717) is 0 Å². The lowest BCUT2D eigenvalue weighted by molar-refractivity contribution is 0.321. The Bertz CT molecular complexity index is 791. The van der Waals surface area contributed by atoms with Gasteiger partial charge in [-0.2, -0.15) is 0 Å². The monoisotopic (exact) mass is 329 g/mol. The fraction of sp³-hybridized carbons (Fsp3) is 0.0667. The highest BCUT2D eigenvalue weighted by atomic mass is 79.9. The summed E-state index contributed by atoms with van der Waals surface area (Å²) in [6.45, 7) is 2.02. The highest BCUT2D eigenvalue weighted by molar-refractivity contribution is 9.10. The van der Waals surface area contributed by atoms with Crippen LogP contribution in [-0.4, -0.2) is 20.8 Å². The lowest BCUT2D eigenvalue weighted by Gasteiger charge is -2.00. The van der Waals surface area contributed by atoms with E-state index in [1.54, 1.807) is 0 Å². The van der Waals surface area contributed by atoms with Gasteiger partial charge < -0.3 is 5.21 Å². The van der Waals surface area contributed by atoms with E-state index < -0.39 is 0 Å². The van der Waals surface area contributed by atoms with E-state index in [1.807, 2.05) is 53.9 Å². The predicted molar refractivity (Wildman–Crippen MR) is 82.4 cm³/mol. The zero-order valence-corrected chi connectivity index (χ0v) is 12.4. The van der Waals surface area contributed by atoms with Crippen LogP contribution in [0.1, 0.15) is 11.3 Å². The number of fused-ring (bicyclic) bond motifs is 1. The minimum Gasteiger partial charge on any atom is -0.411 e. The van der Waals surface area contributed by atoms with Crippen molar-refractivity contribution < 1.29 is 5.21 Å². The van der Waals surface area contributed by atoms with Gasteiger partial charge in [0.2, 0.25) is 0 Å². The van der Waals surface area contributed by atoms with Gasteiger partial charge in [0.25, 0.3) is 0 Å². The largest absolute Gasteiger partial charge is 0.411 e. The third-order valence-electron chi connectivity index (χ3n) is 3.12. The molecule has 2 heterocycles. The Labute approximate surface area is 124 Å². The summed E-state index contributed by atoms with van der Waals surface area (Å²) < 4.78 is 2.92. The van der Waals surface area contributed by atoms with Crippen LogP contribution in [0.4, 0.5) is 0 Å². The molecule has 0 aliphatic rings. The maximum absolute atomic E-state index is 8.89. The second-order valence-corrected chi connectivity index (χ2v) is 5.45. The molecule has 0 spiro atoms. The molecule has 2 aromatic heterocycles. The van der Waals surface area contributed by atoms with Gasteiger partial charge >= 0.3 is 0 Å². The van der Waals surface area contributed by atoms with Crippen LogP contribution in [0.25, 0.3) is 16.9 Å². The van der Waals surface area contributed by atoms with Crippen LogP contribution in [0, 0.1) is 6.92 Å². The number of aryl methyl sites for hydroxylation is 1. The summed E-state index contributed by atoms with van der Waals surface area (Å²) in [5.74, 6) is 0. The molecule has 3 rings (SSSR count). The van der Waals surface area contributed by atoms with E-state index in [2.05, 4.69) is 26.1 Å². The molecule has 5 heteroatoms. The Morgan fingerprint density at radius 3 is 2.70 bits per heavy atom. The van der Waals surface area contributed by atoms with E-state index >= 15 is 0 Å². The average molecular weight is 330 g/mol. The Balaban J connectivity index is 2.28. The number of rotatable bonds is 2. The average Bonchev–Trinajstić information content (AvgIpc) is 2.78. The van der Waals surface area contributed by atoms with Crippen molar-refractivity contribution in [3.8, 4) is 11.3 Å². The number of benzene rings is 1. The lowest BCUT2D eigenvalue weighted by atomic mass is 10.1. The van der Waals surface area contributed by atoms with Crippen molar-refractivity contribution in [2.45, 2.75) is 6.92 Å². The van der Waals surface area contributed by atoms with Crippen LogP contribution in [0.5, 0.6) is 0 Å². The van der Waals surface area contributed by atoms with E-state index in [1.165, 1.54) is 6.21 Å². The molecule has 0 atom stereocenters. The number of halogens is 1. The van der Waals surface area contributed by atoms with Gasteiger partial charge in [0.15, 0.2) is 0 Å². The van der Waals surface area contributed by atoms with Crippen LogP contribution in [0.15, 0.2) is 52.2 Å².